The second kappa shape index (κ2) is 36.5. The number of allylic oxidation sites excluding steroid dienone is 8. The average Bonchev–Trinajstić information content (AvgIpc) is 3.09. The summed E-state index contributed by atoms with van der Waals surface area (Å²) < 4.78 is 10.5. The Hall–Kier alpha value is -2.74. The predicted molar refractivity (Wildman–Crippen MR) is 203 cm³/mol. The van der Waals surface area contributed by atoms with Crippen molar-refractivity contribution >= 4 is 11.9 Å². The molecule has 0 aromatic rings. The summed E-state index contributed by atoms with van der Waals surface area (Å²) in [5, 5.41) is 29.4. The van der Waals surface area contributed by atoms with E-state index in [2.05, 4.69) is 13.8 Å². The van der Waals surface area contributed by atoms with Crippen molar-refractivity contribution in [3.8, 4) is 0 Å². The van der Waals surface area contributed by atoms with Crippen molar-refractivity contribution in [2.75, 3.05) is 13.2 Å². The third kappa shape index (κ3) is 34.9. The molecule has 0 amide bonds. The fraction of sp³-hybridized carbons (Fsp3) is 0.667. The van der Waals surface area contributed by atoms with Gasteiger partial charge >= 0.3 is 11.9 Å². The van der Waals surface area contributed by atoms with Gasteiger partial charge in [0.15, 0.2) is 6.10 Å². The van der Waals surface area contributed by atoms with E-state index in [1.165, 1.54) is 70.6 Å². The number of aliphatic hydroxyl groups is 3. The van der Waals surface area contributed by atoms with Crippen LogP contribution in [0.5, 0.6) is 0 Å². The van der Waals surface area contributed by atoms with Crippen LogP contribution in [0.3, 0.4) is 0 Å². The van der Waals surface area contributed by atoms with Crippen LogP contribution >= 0.6 is 0 Å². The van der Waals surface area contributed by atoms with Crippen molar-refractivity contribution in [2.45, 2.75) is 167 Å². The van der Waals surface area contributed by atoms with Crippen molar-refractivity contribution < 1.29 is 34.4 Å². The van der Waals surface area contributed by atoms with Gasteiger partial charge in [0.1, 0.15) is 6.61 Å². The van der Waals surface area contributed by atoms with Crippen LogP contribution in [0.15, 0.2) is 72.9 Å². The summed E-state index contributed by atoms with van der Waals surface area (Å²) in [6.07, 6.45) is 41.8. The molecular weight excluding hydrogens is 616 g/mol. The topological polar surface area (TPSA) is 113 Å². The molecule has 7 heteroatoms. The van der Waals surface area contributed by atoms with Gasteiger partial charge in [-0.15, -0.1) is 0 Å². The van der Waals surface area contributed by atoms with Crippen LogP contribution in [0.2, 0.25) is 0 Å². The average molecular weight is 687 g/mol. The van der Waals surface area contributed by atoms with Gasteiger partial charge in [0.05, 0.1) is 18.8 Å². The number of ether oxygens (including phenoxy) is 2. The van der Waals surface area contributed by atoms with E-state index in [9.17, 15) is 24.9 Å². The number of unbranched alkanes of at least 4 members (excludes halogenated alkanes) is 14. The maximum absolute atomic E-state index is 12.1. The first-order valence-electron chi connectivity index (χ1n) is 19.2. The lowest BCUT2D eigenvalue weighted by molar-refractivity contribution is -0.161. The number of esters is 2. The molecule has 0 aliphatic rings. The zero-order chi connectivity index (χ0) is 36.0. The van der Waals surface area contributed by atoms with Crippen molar-refractivity contribution in [1.82, 2.24) is 0 Å². The highest BCUT2D eigenvalue weighted by molar-refractivity contribution is 5.70. The summed E-state index contributed by atoms with van der Waals surface area (Å²) in [7, 11) is 0. The molecule has 0 aromatic carbocycles. The largest absolute Gasteiger partial charge is 0.462 e. The Labute approximate surface area is 298 Å². The summed E-state index contributed by atoms with van der Waals surface area (Å²) in [4.78, 5) is 24.2. The monoisotopic (exact) mass is 687 g/mol. The smallest absolute Gasteiger partial charge is 0.306 e. The van der Waals surface area contributed by atoms with Gasteiger partial charge < -0.3 is 24.8 Å². The number of aliphatic hydroxyl groups excluding tert-OH is 3. The van der Waals surface area contributed by atoms with E-state index in [0.717, 1.165) is 32.1 Å². The molecule has 0 rings (SSSR count). The lowest BCUT2D eigenvalue weighted by Gasteiger charge is -2.15. The van der Waals surface area contributed by atoms with Gasteiger partial charge in [-0.1, -0.05) is 170 Å². The number of rotatable bonds is 33. The van der Waals surface area contributed by atoms with Crippen LogP contribution < -0.4 is 0 Å². The molecule has 0 bridgehead atoms. The fourth-order valence-corrected chi connectivity index (χ4v) is 5.00. The lowest BCUT2D eigenvalue weighted by atomic mass is 10.0. The van der Waals surface area contributed by atoms with Crippen LogP contribution in [0.1, 0.15) is 149 Å². The molecule has 0 aliphatic heterocycles. The Balaban J connectivity index is 3.86. The van der Waals surface area contributed by atoms with E-state index in [4.69, 9.17) is 9.47 Å². The Morgan fingerprint density at radius 3 is 1.78 bits per heavy atom. The lowest BCUT2D eigenvalue weighted by Crippen LogP contribution is -2.28. The molecular formula is C42H70O7. The van der Waals surface area contributed by atoms with Gasteiger partial charge in [0.2, 0.25) is 0 Å². The van der Waals surface area contributed by atoms with Gasteiger partial charge in [-0.3, -0.25) is 9.59 Å². The summed E-state index contributed by atoms with van der Waals surface area (Å²) in [6, 6.07) is 0. The molecule has 0 aromatic heterocycles. The van der Waals surface area contributed by atoms with Gasteiger partial charge in [-0.05, 0) is 38.5 Å². The normalized spacial score (nSPS) is 14.3. The maximum Gasteiger partial charge on any atom is 0.306 e. The van der Waals surface area contributed by atoms with E-state index in [0.29, 0.717) is 25.7 Å². The van der Waals surface area contributed by atoms with Gasteiger partial charge in [0.25, 0.3) is 0 Å². The molecule has 0 saturated heterocycles. The second-order valence-corrected chi connectivity index (χ2v) is 12.7. The summed E-state index contributed by atoms with van der Waals surface area (Å²) in [5.74, 6) is -0.777. The number of hydrogen-bond donors (Lipinski definition) is 3. The van der Waals surface area contributed by atoms with Crippen LogP contribution in [-0.4, -0.2) is 58.8 Å². The first kappa shape index (κ1) is 46.3. The molecule has 0 aliphatic carbocycles. The van der Waals surface area contributed by atoms with Gasteiger partial charge in [0, 0.05) is 12.8 Å². The van der Waals surface area contributed by atoms with Gasteiger partial charge in [-0.25, -0.2) is 0 Å². The Morgan fingerprint density at radius 2 is 1.18 bits per heavy atom. The first-order chi connectivity index (χ1) is 23.9. The van der Waals surface area contributed by atoms with E-state index in [-0.39, 0.29) is 19.0 Å². The number of carbonyl (C=O) groups excluding carboxylic acids is 2. The first-order valence-corrected chi connectivity index (χ1v) is 19.2. The number of hydrogen-bond acceptors (Lipinski definition) is 7. The molecule has 0 heterocycles. The Kier molecular flexibility index (Phi) is 34.5. The van der Waals surface area contributed by atoms with E-state index in [1.807, 2.05) is 48.6 Å². The molecule has 0 saturated carbocycles. The molecule has 49 heavy (non-hydrogen) atoms. The van der Waals surface area contributed by atoms with E-state index < -0.39 is 30.9 Å². The SMILES string of the molecule is CC/C=C\C[C@@H](O)/C=C/C=C\C/C=C\C=C\[C@@H](O)/C=C\CCCC(=O)OC[C@H](CO)OC(=O)CCCCCCCCCCCCCCCC. The minimum absolute atomic E-state index is 0.154. The molecule has 7 nitrogen and oxygen atoms in total. The van der Waals surface area contributed by atoms with Crippen LogP contribution in [0, 0.1) is 0 Å². The quantitative estimate of drug-likeness (QED) is 0.0273. The van der Waals surface area contributed by atoms with Crippen LogP contribution in [0.25, 0.3) is 0 Å². The molecule has 0 spiro atoms. The predicted octanol–water partition coefficient (Wildman–Crippen LogP) is 9.72. The molecule has 0 radical (unpaired) electrons. The summed E-state index contributed by atoms with van der Waals surface area (Å²) in [5.41, 5.74) is 0. The zero-order valence-electron chi connectivity index (χ0n) is 30.9. The highest BCUT2D eigenvalue weighted by Gasteiger charge is 2.16. The molecule has 280 valence electrons. The second-order valence-electron chi connectivity index (χ2n) is 12.7. The Morgan fingerprint density at radius 1 is 0.612 bits per heavy atom. The van der Waals surface area contributed by atoms with Crippen molar-refractivity contribution in [1.29, 1.82) is 0 Å². The number of carbonyl (C=O) groups is 2. The summed E-state index contributed by atoms with van der Waals surface area (Å²) in [6.45, 7) is 3.77. The van der Waals surface area contributed by atoms with Crippen LogP contribution in [0.4, 0.5) is 0 Å². The minimum Gasteiger partial charge on any atom is -0.462 e. The fourth-order valence-electron chi connectivity index (χ4n) is 5.00. The van der Waals surface area contributed by atoms with E-state index in [1.54, 1.807) is 24.3 Å². The zero-order valence-corrected chi connectivity index (χ0v) is 30.9. The van der Waals surface area contributed by atoms with E-state index >= 15 is 0 Å². The van der Waals surface area contributed by atoms with Crippen molar-refractivity contribution in [3.05, 3.63) is 72.9 Å². The van der Waals surface area contributed by atoms with Crippen molar-refractivity contribution in [3.63, 3.8) is 0 Å². The van der Waals surface area contributed by atoms with Crippen LogP contribution in [-0.2, 0) is 19.1 Å². The Bertz CT molecular complexity index is 947. The third-order valence-electron chi connectivity index (χ3n) is 7.94. The summed E-state index contributed by atoms with van der Waals surface area (Å²) >= 11 is 0. The highest BCUT2D eigenvalue weighted by atomic mass is 16.6. The molecule has 0 unspecified atom stereocenters. The molecule has 0 fully saturated rings. The molecule has 3 N–H and O–H groups in total. The third-order valence-corrected chi connectivity index (χ3v) is 7.94. The van der Waals surface area contributed by atoms with Crippen molar-refractivity contribution in [2.24, 2.45) is 0 Å². The highest BCUT2D eigenvalue weighted by Crippen LogP contribution is 2.14. The molecule has 3 atom stereocenters. The maximum atomic E-state index is 12.1. The minimum atomic E-state index is -0.844. The standard InChI is InChI=1S/C42H70O7/c1-3-5-7-8-9-10-11-12-13-14-15-19-22-28-35-42(47)49-40(36-43)37-48-41(46)34-29-23-27-33-39(45)32-26-21-18-16-17-20-25-31-38(44)30-24-6-4-2/h6,17-18,20-21,24-27,31-33,38-40,43-45H,3-5,7-16,19,22-23,28-30,34-37H2,1-2H3/b20-17-,21-18-,24-6-,31-25+,32-26+,33-27-/t38-,39-,40+/m1/s1. The van der Waals surface area contributed by atoms with Gasteiger partial charge in [-0.2, -0.15) is 0 Å².